The summed E-state index contributed by atoms with van der Waals surface area (Å²) in [4.78, 5) is 25.1. The van der Waals surface area contributed by atoms with Crippen molar-refractivity contribution in [2.45, 2.75) is 39.2 Å². The molecule has 2 N–H and O–H groups in total. The number of amides is 2. The van der Waals surface area contributed by atoms with E-state index in [1.807, 2.05) is 54.6 Å². The van der Waals surface area contributed by atoms with Crippen molar-refractivity contribution in [1.82, 2.24) is 5.32 Å². The van der Waals surface area contributed by atoms with Crippen LogP contribution in [-0.4, -0.2) is 11.8 Å². The van der Waals surface area contributed by atoms with E-state index in [1.165, 1.54) is 5.56 Å². The molecule has 0 aliphatic heterocycles. The molecule has 0 bridgehead atoms. The molecule has 0 aromatic heterocycles. The first-order valence-electron chi connectivity index (χ1n) is 8.75. The maximum Gasteiger partial charge on any atom is 0.240 e. The monoisotopic (exact) mass is 336 g/mol. The Morgan fingerprint density at radius 3 is 2.16 bits per heavy atom. The molecule has 4 nitrogen and oxygen atoms in total. The van der Waals surface area contributed by atoms with E-state index in [0.29, 0.717) is 25.3 Å². The van der Waals surface area contributed by atoms with Crippen LogP contribution in [0.25, 0.3) is 0 Å². The van der Waals surface area contributed by atoms with Gasteiger partial charge in [0.05, 0.1) is 0 Å². The number of hydrogen-bond donors (Lipinski definition) is 2. The van der Waals surface area contributed by atoms with Gasteiger partial charge in [0.25, 0.3) is 0 Å². The maximum atomic E-state index is 12.6. The van der Waals surface area contributed by atoms with Crippen molar-refractivity contribution in [3.05, 3.63) is 65.7 Å². The third-order valence-electron chi connectivity index (χ3n) is 4.75. The third-order valence-corrected chi connectivity index (χ3v) is 4.75. The van der Waals surface area contributed by atoms with Gasteiger partial charge in [0.2, 0.25) is 11.8 Å². The van der Waals surface area contributed by atoms with E-state index in [4.69, 9.17) is 0 Å². The highest BCUT2D eigenvalue weighted by Crippen LogP contribution is 2.46. The summed E-state index contributed by atoms with van der Waals surface area (Å²) in [6, 6.07) is 17.5. The quantitative estimate of drug-likeness (QED) is 0.787. The van der Waals surface area contributed by atoms with Crippen molar-refractivity contribution in [2.24, 2.45) is 5.41 Å². The molecule has 0 radical (unpaired) electrons. The maximum absolute atomic E-state index is 12.6. The highest BCUT2D eigenvalue weighted by atomic mass is 16.2. The molecule has 4 heteroatoms. The van der Waals surface area contributed by atoms with Crippen molar-refractivity contribution in [3.8, 4) is 0 Å². The fourth-order valence-electron chi connectivity index (χ4n) is 2.83. The zero-order chi connectivity index (χ0) is 17.9. The zero-order valence-corrected chi connectivity index (χ0v) is 14.7. The van der Waals surface area contributed by atoms with Gasteiger partial charge in [-0.25, -0.2) is 0 Å². The summed E-state index contributed by atoms with van der Waals surface area (Å²) in [6.07, 6.45) is 1.20. The average molecular weight is 336 g/mol. The summed E-state index contributed by atoms with van der Waals surface area (Å²) in [5.41, 5.74) is 2.07. The van der Waals surface area contributed by atoms with E-state index in [2.05, 4.69) is 24.5 Å². The molecule has 25 heavy (non-hydrogen) atoms. The number of anilines is 1. The van der Waals surface area contributed by atoms with E-state index < -0.39 is 5.41 Å². The Balaban J connectivity index is 1.59. The molecule has 0 heterocycles. The summed E-state index contributed by atoms with van der Waals surface area (Å²) >= 11 is 0. The number of hydrogen-bond acceptors (Lipinski definition) is 2. The lowest BCUT2D eigenvalue weighted by atomic mass is 10.0. The Morgan fingerprint density at radius 1 is 0.960 bits per heavy atom. The van der Waals surface area contributed by atoms with Crippen LogP contribution in [0.15, 0.2) is 54.6 Å². The minimum atomic E-state index is -0.911. The molecule has 1 fully saturated rings. The smallest absolute Gasteiger partial charge is 0.240 e. The zero-order valence-electron chi connectivity index (χ0n) is 14.7. The largest absolute Gasteiger partial charge is 0.351 e. The Labute approximate surface area is 148 Å². The van der Waals surface area contributed by atoms with E-state index in [9.17, 15) is 9.59 Å². The van der Waals surface area contributed by atoms with Crippen molar-refractivity contribution in [3.63, 3.8) is 0 Å². The number of nitrogens with one attached hydrogen (secondary N) is 2. The fourth-order valence-corrected chi connectivity index (χ4v) is 2.83. The second-order valence-corrected chi connectivity index (χ2v) is 6.98. The fraction of sp³-hybridized carbons (Fsp3) is 0.333. The lowest BCUT2D eigenvalue weighted by Crippen LogP contribution is -2.39. The number of carbonyl (C=O) groups is 2. The summed E-state index contributed by atoms with van der Waals surface area (Å²) in [5.74, 6) is 0.0475. The first-order valence-corrected chi connectivity index (χ1v) is 8.75. The molecular weight excluding hydrogens is 312 g/mol. The van der Waals surface area contributed by atoms with Gasteiger partial charge in [-0.15, -0.1) is 0 Å². The molecule has 0 unspecified atom stereocenters. The normalized spacial score (nSPS) is 14.8. The van der Waals surface area contributed by atoms with Gasteiger partial charge in [-0.05, 0) is 42.0 Å². The van der Waals surface area contributed by atoms with Crippen LogP contribution >= 0.6 is 0 Å². The number of benzene rings is 2. The average Bonchev–Trinajstić information content (AvgIpc) is 3.43. The Hall–Kier alpha value is -2.62. The Kier molecular flexibility index (Phi) is 4.88. The van der Waals surface area contributed by atoms with Gasteiger partial charge < -0.3 is 10.6 Å². The van der Waals surface area contributed by atoms with Gasteiger partial charge in [0.1, 0.15) is 5.41 Å². The van der Waals surface area contributed by atoms with E-state index >= 15 is 0 Å². The topological polar surface area (TPSA) is 58.2 Å². The van der Waals surface area contributed by atoms with Crippen molar-refractivity contribution in [1.29, 1.82) is 0 Å². The minimum absolute atomic E-state index is 0.187. The van der Waals surface area contributed by atoms with Crippen LogP contribution in [0.2, 0.25) is 0 Å². The highest BCUT2D eigenvalue weighted by molar-refractivity contribution is 6.13. The van der Waals surface area contributed by atoms with Gasteiger partial charge in [0.15, 0.2) is 0 Å². The molecule has 2 amide bonds. The summed E-state index contributed by atoms with van der Waals surface area (Å²) in [6.45, 7) is 4.70. The molecule has 130 valence electrons. The van der Waals surface area contributed by atoms with E-state index in [1.54, 1.807) is 0 Å². The Morgan fingerprint density at radius 2 is 1.60 bits per heavy atom. The number of carbonyl (C=O) groups excluding carboxylic acids is 2. The molecule has 2 aromatic rings. The van der Waals surface area contributed by atoms with Gasteiger partial charge in [-0.1, -0.05) is 56.3 Å². The molecule has 0 atom stereocenters. The molecule has 2 aromatic carbocycles. The summed E-state index contributed by atoms with van der Waals surface area (Å²) in [5, 5.41) is 5.78. The molecular formula is C21H24N2O2. The van der Waals surface area contributed by atoms with Crippen LogP contribution in [0.5, 0.6) is 0 Å². The van der Waals surface area contributed by atoms with Gasteiger partial charge >= 0.3 is 0 Å². The van der Waals surface area contributed by atoms with Crippen LogP contribution in [0.1, 0.15) is 43.7 Å². The molecule has 1 aliphatic rings. The number of rotatable bonds is 6. The van der Waals surface area contributed by atoms with Crippen molar-refractivity contribution >= 4 is 17.5 Å². The van der Waals surface area contributed by atoms with E-state index in [0.717, 1.165) is 11.3 Å². The second kappa shape index (κ2) is 7.09. The van der Waals surface area contributed by atoms with Gasteiger partial charge in [0, 0.05) is 12.2 Å². The summed E-state index contributed by atoms with van der Waals surface area (Å²) < 4.78 is 0. The molecule has 0 saturated heterocycles. The van der Waals surface area contributed by atoms with Crippen LogP contribution < -0.4 is 10.6 Å². The van der Waals surface area contributed by atoms with Crippen LogP contribution in [0.3, 0.4) is 0 Å². The highest BCUT2D eigenvalue weighted by Gasteiger charge is 2.56. The third kappa shape index (κ3) is 3.90. The lowest BCUT2D eigenvalue weighted by Gasteiger charge is -2.16. The van der Waals surface area contributed by atoms with Crippen molar-refractivity contribution < 1.29 is 9.59 Å². The van der Waals surface area contributed by atoms with Crippen molar-refractivity contribution in [2.75, 3.05) is 5.32 Å². The van der Waals surface area contributed by atoms with Crippen LogP contribution in [0, 0.1) is 5.41 Å². The SMILES string of the molecule is CC(C)c1ccc(NC(=O)C2(C(=O)NCc3ccccc3)CC2)cc1. The lowest BCUT2D eigenvalue weighted by molar-refractivity contribution is -0.134. The molecule has 1 aliphatic carbocycles. The first kappa shape index (κ1) is 17.2. The van der Waals surface area contributed by atoms with Gasteiger partial charge in [-0.3, -0.25) is 9.59 Å². The molecule has 1 saturated carbocycles. The second-order valence-electron chi connectivity index (χ2n) is 6.98. The minimum Gasteiger partial charge on any atom is -0.351 e. The Bertz CT molecular complexity index is 747. The standard InChI is InChI=1S/C21H24N2O2/c1-15(2)17-8-10-18(11-9-17)23-20(25)21(12-13-21)19(24)22-14-16-6-4-3-5-7-16/h3-11,15H,12-14H2,1-2H3,(H,22,24)(H,23,25). The van der Waals surface area contributed by atoms with E-state index in [-0.39, 0.29) is 11.8 Å². The predicted octanol–water partition coefficient (Wildman–Crippen LogP) is 3.85. The van der Waals surface area contributed by atoms with Crippen LogP contribution in [0.4, 0.5) is 5.69 Å². The van der Waals surface area contributed by atoms with Gasteiger partial charge in [-0.2, -0.15) is 0 Å². The molecule has 3 rings (SSSR count). The molecule has 0 spiro atoms. The van der Waals surface area contributed by atoms with Crippen LogP contribution in [-0.2, 0) is 16.1 Å². The predicted molar refractivity (Wildman–Crippen MR) is 99.1 cm³/mol. The first-order chi connectivity index (χ1) is 12.0. The summed E-state index contributed by atoms with van der Waals surface area (Å²) in [7, 11) is 0.